The van der Waals surface area contributed by atoms with E-state index in [9.17, 15) is 4.79 Å². The largest absolute Gasteiger partial charge is 0.477 e. The molecule has 5 nitrogen and oxygen atoms in total. The molecule has 2 heterocycles. The second-order valence-corrected chi connectivity index (χ2v) is 2.72. The molecule has 2 aromatic rings. The van der Waals surface area contributed by atoms with Crippen molar-refractivity contribution in [2.24, 2.45) is 7.05 Å². The Bertz CT molecular complexity index is 484. The molecule has 0 amide bonds. The van der Waals surface area contributed by atoms with E-state index in [1.807, 2.05) is 7.05 Å². The van der Waals surface area contributed by atoms with Gasteiger partial charge in [-0.2, -0.15) is 0 Å². The fourth-order valence-corrected chi connectivity index (χ4v) is 1.14. The Morgan fingerprint density at radius 2 is 2.07 bits per heavy atom. The molecule has 0 aromatic carbocycles. The second-order valence-electron chi connectivity index (χ2n) is 2.72. The number of pyridine rings is 1. The van der Waals surface area contributed by atoms with Crippen LogP contribution in [0.1, 0.15) is 10.5 Å². The van der Waals surface area contributed by atoms with E-state index in [-0.39, 0.29) is 30.5 Å². The quantitative estimate of drug-likeness (QED) is 0.832. The van der Waals surface area contributed by atoms with Crippen LogP contribution in [0.5, 0.6) is 0 Å². The summed E-state index contributed by atoms with van der Waals surface area (Å²) in [6, 6.07) is 1.46. The first-order valence-corrected chi connectivity index (χ1v) is 3.69. The molecule has 15 heavy (non-hydrogen) atoms. The van der Waals surface area contributed by atoms with Gasteiger partial charge in [-0.25, -0.2) is 14.8 Å². The van der Waals surface area contributed by atoms with Gasteiger partial charge in [0.1, 0.15) is 5.69 Å². The molecule has 0 aliphatic heterocycles. The molecule has 2 rings (SSSR count). The molecule has 2 aromatic heterocycles. The Hall–Kier alpha value is -1.33. The van der Waals surface area contributed by atoms with E-state index in [0.717, 1.165) is 5.52 Å². The van der Waals surface area contributed by atoms with Crippen LogP contribution in [0.25, 0.3) is 11.0 Å². The topological polar surface area (TPSA) is 68.0 Å². The lowest BCUT2D eigenvalue weighted by Crippen LogP contribution is -1.99. The van der Waals surface area contributed by atoms with E-state index in [2.05, 4.69) is 9.97 Å². The molecule has 82 valence electrons. The van der Waals surface area contributed by atoms with Gasteiger partial charge < -0.3 is 9.67 Å². The maximum atomic E-state index is 10.6. The SMILES string of the molecule is Cl.Cl.Cn1cnc2cc(C(=O)O)ncc21. The van der Waals surface area contributed by atoms with Crippen molar-refractivity contribution < 1.29 is 9.90 Å². The van der Waals surface area contributed by atoms with Gasteiger partial charge in [0.05, 0.1) is 23.6 Å². The Kier molecular flexibility index (Phi) is 4.51. The first-order chi connectivity index (χ1) is 6.18. The fraction of sp³-hybridized carbons (Fsp3) is 0.125. The highest BCUT2D eigenvalue weighted by atomic mass is 35.5. The van der Waals surface area contributed by atoms with Gasteiger partial charge in [-0.3, -0.25) is 0 Å². The van der Waals surface area contributed by atoms with E-state index in [1.54, 1.807) is 10.9 Å². The number of hydrogen-bond acceptors (Lipinski definition) is 3. The van der Waals surface area contributed by atoms with Crippen molar-refractivity contribution in [3.05, 3.63) is 24.3 Å². The van der Waals surface area contributed by atoms with Gasteiger partial charge in [0.2, 0.25) is 0 Å². The van der Waals surface area contributed by atoms with Crippen molar-refractivity contribution in [1.82, 2.24) is 14.5 Å². The summed E-state index contributed by atoms with van der Waals surface area (Å²) < 4.78 is 1.79. The third-order valence-electron chi connectivity index (χ3n) is 1.83. The molecule has 0 aliphatic carbocycles. The Morgan fingerprint density at radius 1 is 1.40 bits per heavy atom. The summed E-state index contributed by atoms with van der Waals surface area (Å²) in [5.41, 5.74) is 1.49. The van der Waals surface area contributed by atoms with Crippen LogP contribution in [0, 0.1) is 0 Å². The molecule has 1 N–H and O–H groups in total. The first kappa shape index (κ1) is 13.7. The minimum absolute atomic E-state index is 0. The molecule has 0 fully saturated rings. The third kappa shape index (κ3) is 2.37. The smallest absolute Gasteiger partial charge is 0.354 e. The van der Waals surface area contributed by atoms with Crippen LogP contribution in [0.3, 0.4) is 0 Å². The number of aryl methyl sites for hydroxylation is 1. The number of fused-ring (bicyclic) bond motifs is 1. The number of rotatable bonds is 1. The number of carbonyl (C=O) groups is 1. The monoisotopic (exact) mass is 249 g/mol. The van der Waals surface area contributed by atoms with E-state index in [4.69, 9.17) is 5.11 Å². The standard InChI is InChI=1S/C8H7N3O2.2ClH/c1-11-4-10-5-2-6(8(12)13)9-3-7(5)11;;/h2-4H,1H3,(H,12,13);2*1H. The molecule has 0 saturated carbocycles. The Labute approximate surface area is 98.0 Å². The number of carboxylic acid groups (broad SMARTS) is 1. The maximum absolute atomic E-state index is 10.6. The van der Waals surface area contributed by atoms with Crippen LogP contribution in [-0.2, 0) is 7.05 Å². The van der Waals surface area contributed by atoms with Gasteiger partial charge in [0, 0.05) is 7.05 Å². The predicted molar refractivity (Wildman–Crippen MR) is 60.0 cm³/mol. The molecule has 0 unspecified atom stereocenters. The number of nitrogens with zero attached hydrogens (tertiary/aromatic N) is 3. The summed E-state index contributed by atoms with van der Waals surface area (Å²) >= 11 is 0. The van der Waals surface area contributed by atoms with Gasteiger partial charge >= 0.3 is 5.97 Å². The molecular formula is C8H9Cl2N3O2. The van der Waals surface area contributed by atoms with Crippen molar-refractivity contribution in [3.63, 3.8) is 0 Å². The summed E-state index contributed by atoms with van der Waals surface area (Å²) in [6.07, 6.45) is 3.13. The minimum atomic E-state index is -1.03. The van der Waals surface area contributed by atoms with Crippen molar-refractivity contribution in [1.29, 1.82) is 0 Å². The summed E-state index contributed by atoms with van der Waals surface area (Å²) in [4.78, 5) is 18.4. The molecule has 0 atom stereocenters. The van der Waals surface area contributed by atoms with Crippen LogP contribution < -0.4 is 0 Å². The van der Waals surface area contributed by atoms with Crippen LogP contribution in [0.2, 0.25) is 0 Å². The zero-order valence-electron chi connectivity index (χ0n) is 7.75. The van der Waals surface area contributed by atoms with Crippen molar-refractivity contribution >= 4 is 41.8 Å². The Morgan fingerprint density at radius 3 is 2.67 bits per heavy atom. The third-order valence-corrected chi connectivity index (χ3v) is 1.83. The molecule has 0 saturated heterocycles. The highest BCUT2D eigenvalue weighted by Gasteiger charge is 2.07. The average molecular weight is 250 g/mol. The van der Waals surface area contributed by atoms with Gasteiger partial charge in [-0.05, 0) is 6.07 Å². The molecule has 0 spiro atoms. The zero-order chi connectivity index (χ0) is 9.42. The summed E-state index contributed by atoms with van der Waals surface area (Å²) in [7, 11) is 1.83. The van der Waals surface area contributed by atoms with Crippen molar-refractivity contribution in [3.8, 4) is 0 Å². The number of imidazole rings is 1. The van der Waals surface area contributed by atoms with Gasteiger partial charge in [0.25, 0.3) is 0 Å². The van der Waals surface area contributed by atoms with Crippen LogP contribution >= 0.6 is 24.8 Å². The van der Waals surface area contributed by atoms with E-state index < -0.39 is 5.97 Å². The summed E-state index contributed by atoms with van der Waals surface area (Å²) in [5.74, 6) is -1.03. The van der Waals surface area contributed by atoms with Gasteiger partial charge in [-0.1, -0.05) is 0 Å². The lowest BCUT2D eigenvalue weighted by molar-refractivity contribution is 0.0690. The normalized spacial score (nSPS) is 9.13. The van der Waals surface area contributed by atoms with E-state index >= 15 is 0 Å². The number of halogens is 2. The molecular weight excluding hydrogens is 241 g/mol. The maximum Gasteiger partial charge on any atom is 0.354 e. The fourth-order valence-electron chi connectivity index (χ4n) is 1.14. The van der Waals surface area contributed by atoms with Crippen molar-refractivity contribution in [2.45, 2.75) is 0 Å². The number of aromatic carboxylic acids is 1. The lowest BCUT2D eigenvalue weighted by Gasteiger charge is -1.94. The lowest BCUT2D eigenvalue weighted by atomic mass is 10.3. The summed E-state index contributed by atoms with van der Waals surface area (Å²) in [6.45, 7) is 0. The van der Waals surface area contributed by atoms with Crippen LogP contribution in [-0.4, -0.2) is 25.6 Å². The molecule has 0 bridgehead atoms. The highest BCUT2D eigenvalue weighted by molar-refractivity contribution is 5.89. The van der Waals surface area contributed by atoms with Gasteiger partial charge in [-0.15, -0.1) is 24.8 Å². The number of carboxylic acids is 1. The summed E-state index contributed by atoms with van der Waals surface area (Å²) in [5, 5.41) is 8.65. The van der Waals surface area contributed by atoms with Crippen LogP contribution in [0.4, 0.5) is 0 Å². The van der Waals surface area contributed by atoms with Crippen LogP contribution in [0.15, 0.2) is 18.6 Å². The van der Waals surface area contributed by atoms with Crippen molar-refractivity contribution in [2.75, 3.05) is 0 Å². The molecule has 0 radical (unpaired) electrons. The second kappa shape index (κ2) is 4.95. The zero-order valence-corrected chi connectivity index (χ0v) is 9.38. The number of aromatic nitrogens is 3. The Balaban J connectivity index is 0.000000980. The van der Waals surface area contributed by atoms with E-state index in [1.165, 1.54) is 12.3 Å². The average Bonchev–Trinajstić information content (AvgIpc) is 2.47. The number of hydrogen-bond donors (Lipinski definition) is 1. The van der Waals surface area contributed by atoms with Gasteiger partial charge in [0.15, 0.2) is 0 Å². The molecule has 7 heteroatoms. The minimum Gasteiger partial charge on any atom is -0.477 e. The molecule has 0 aliphatic rings. The van der Waals surface area contributed by atoms with E-state index in [0.29, 0.717) is 5.52 Å². The first-order valence-electron chi connectivity index (χ1n) is 3.69. The highest BCUT2D eigenvalue weighted by Crippen LogP contribution is 2.10. The predicted octanol–water partition coefficient (Wildman–Crippen LogP) is 1.51.